The van der Waals surface area contributed by atoms with Crippen molar-refractivity contribution in [3.63, 3.8) is 0 Å². The van der Waals surface area contributed by atoms with Gasteiger partial charge < -0.3 is 10.0 Å². The summed E-state index contributed by atoms with van der Waals surface area (Å²) in [5.74, 6) is 0.0198. The lowest BCUT2D eigenvalue weighted by Gasteiger charge is -2.23. The van der Waals surface area contributed by atoms with Crippen molar-refractivity contribution in [1.82, 2.24) is 0 Å². The van der Waals surface area contributed by atoms with E-state index < -0.39 is 5.41 Å². The van der Waals surface area contributed by atoms with Crippen molar-refractivity contribution in [3.05, 3.63) is 42.5 Å². The maximum absolute atomic E-state index is 12.5. The first-order valence-electron chi connectivity index (χ1n) is 6.55. The van der Waals surface area contributed by atoms with Gasteiger partial charge in [-0.25, -0.2) is 0 Å². The number of hydrogen-bond donors (Lipinski definition) is 1. The summed E-state index contributed by atoms with van der Waals surface area (Å²) in [6, 6.07) is 14.0. The lowest BCUT2D eigenvalue weighted by Crippen LogP contribution is -2.36. The van der Waals surface area contributed by atoms with Crippen LogP contribution in [0.15, 0.2) is 42.5 Å². The smallest absolute Gasteiger partial charge is 0.235 e. The Kier molecular flexibility index (Phi) is 2.79. The maximum Gasteiger partial charge on any atom is 0.235 e. The Balaban J connectivity index is 2.02. The molecule has 0 radical (unpaired) electrons. The normalized spacial score (nSPS) is 16.3. The van der Waals surface area contributed by atoms with E-state index in [-0.39, 0.29) is 12.5 Å². The van der Waals surface area contributed by atoms with E-state index in [0.717, 1.165) is 29.3 Å². The van der Waals surface area contributed by atoms with E-state index >= 15 is 0 Å². The summed E-state index contributed by atoms with van der Waals surface area (Å²) in [6.07, 6.45) is 1.58. The summed E-state index contributed by atoms with van der Waals surface area (Å²) in [6.45, 7) is -0.0546. The van der Waals surface area contributed by atoms with Crippen LogP contribution in [0.4, 0.5) is 5.69 Å². The van der Waals surface area contributed by atoms with Gasteiger partial charge in [-0.2, -0.15) is 0 Å². The molecule has 3 heteroatoms. The molecule has 2 aromatic rings. The van der Waals surface area contributed by atoms with E-state index in [9.17, 15) is 9.90 Å². The van der Waals surface area contributed by atoms with Crippen LogP contribution in [0.25, 0.3) is 10.8 Å². The van der Waals surface area contributed by atoms with Crippen molar-refractivity contribution in [2.75, 3.05) is 18.6 Å². The fourth-order valence-corrected chi connectivity index (χ4v) is 2.56. The van der Waals surface area contributed by atoms with Crippen molar-refractivity contribution < 1.29 is 9.90 Å². The van der Waals surface area contributed by atoms with Crippen LogP contribution in [0.2, 0.25) is 0 Å². The SMILES string of the molecule is CN(C(=O)C1(CO)CC1)c1cccc2ccccc12. The van der Waals surface area contributed by atoms with Crippen LogP contribution < -0.4 is 4.90 Å². The largest absolute Gasteiger partial charge is 0.395 e. The summed E-state index contributed by atoms with van der Waals surface area (Å²) in [7, 11) is 1.79. The fourth-order valence-electron chi connectivity index (χ4n) is 2.56. The monoisotopic (exact) mass is 255 g/mol. The molecule has 1 amide bonds. The second-order valence-electron chi connectivity index (χ2n) is 5.30. The van der Waals surface area contributed by atoms with Crippen molar-refractivity contribution >= 4 is 22.4 Å². The molecule has 0 heterocycles. The highest BCUT2D eigenvalue weighted by atomic mass is 16.3. The van der Waals surface area contributed by atoms with Gasteiger partial charge in [0.2, 0.25) is 5.91 Å². The number of fused-ring (bicyclic) bond motifs is 1. The molecule has 0 aliphatic heterocycles. The molecule has 0 spiro atoms. The van der Waals surface area contributed by atoms with Gasteiger partial charge in [0.05, 0.1) is 17.7 Å². The Morgan fingerprint density at radius 1 is 1.21 bits per heavy atom. The van der Waals surface area contributed by atoms with Crippen LogP contribution in [0, 0.1) is 5.41 Å². The number of benzene rings is 2. The lowest BCUT2D eigenvalue weighted by atomic mass is 10.0. The minimum atomic E-state index is -0.522. The first-order chi connectivity index (χ1) is 9.18. The molecular weight excluding hydrogens is 238 g/mol. The minimum Gasteiger partial charge on any atom is -0.395 e. The molecule has 0 atom stereocenters. The van der Waals surface area contributed by atoms with E-state index in [1.807, 2.05) is 42.5 Å². The van der Waals surface area contributed by atoms with Gasteiger partial charge in [0.25, 0.3) is 0 Å². The Morgan fingerprint density at radius 3 is 2.58 bits per heavy atom. The Hall–Kier alpha value is -1.87. The van der Waals surface area contributed by atoms with Crippen LogP contribution in [-0.2, 0) is 4.79 Å². The predicted octanol–water partition coefficient (Wildman–Crippen LogP) is 2.58. The molecule has 0 bridgehead atoms. The molecule has 2 aromatic carbocycles. The number of carbonyl (C=O) groups is 1. The van der Waals surface area contributed by atoms with E-state index in [1.54, 1.807) is 11.9 Å². The predicted molar refractivity (Wildman–Crippen MR) is 76.1 cm³/mol. The maximum atomic E-state index is 12.5. The van der Waals surface area contributed by atoms with E-state index in [4.69, 9.17) is 0 Å². The second-order valence-corrected chi connectivity index (χ2v) is 5.30. The third kappa shape index (κ3) is 1.90. The highest BCUT2D eigenvalue weighted by molar-refractivity contribution is 6.06. The number of carbonyl (C=O) groups excluding carboxylic acids is 1. The molecule has 1 N–H and O–H groups in total. The highest BCUT2D eigenvalue weighted by Crippen LogP contribution is 2.47. The van der Waals surface area contributed by atoms with E-state index in [0.29, 0.717) is 0 Å². The highest BCUT2D eigenvalue weighted by Gasteiger charge is 2.50. The molecule has 0 unspecified atom stereocenters. The van der Waals surface area contributed by atoms with Crippen LogP contribution in [0.3, 0.4) is 0 Å². The standard InChI is InChI=1S/C16H17NO2/c1-17(15(19)16(11-18)9-10-16)14-8-4-6-12-5-2-3-7-13(12)14/h2-8,18H,9-11H2,1H3. The first-order valence-corrected chi connectivity index (χ1v) is 6.55. The molecule has 1 saturated carbocycles. The minimum absolute atomic E-state index is 0.0198. The van der Waals surface area contributed by atoms with Crippen LogP contribution >= 0.6 is 0 Å². The van der Waals surface area contributed by atoms with Crippen molar-refractivity contribution in [2.45, 2.75) is 12.8 Å². The first kappa shape index (κ1) is 12.2. The quantitative estimate of drug-likeness (QED) is 0.915. The van der Waals surface area contributed by atoms with Crippen molar-refractivity contribution in [1.29, 1.82) is 0 Å². The molecule has 3 rings (SSSR count). The zero-order valence-electron chi connectivity index (χ0n) is 11.0. The van der Waals surface area contributed by atoms with Gasteiger partial charge in [0, 0.05) is 12.4 Å². The van der Waals surface area contributed by atoms with Gasteiger partial charge in [-0.05, 0) is 24.3 Å². The Labute approximate surface area is 112 Å². The zero-order chi connectivity index (χ0) is 13.5. The number of aliphatic hydroxyl groups excluding tert-OH is 1. The number of nitrogens with zero attached hydrogens (tertiary/aromatic N) is 1. The van der Waals surface area contributed by atoms with Crippen LogP contribution in [0.5, 0.6) is 0 Å². The average molecular weight is 255 g/mol. The summed E-state index contributed by atoms with van der Waals surface area (Å²) in [5, 5.41) is 11.6. The molecular formula is C16H17NO2. The topological polar surface area (TPSA) is 40.5 Å². The summed E-state index contributed by atoms with van der Waals surface area (Å²) in [5.41, 5.74) is 0.383. The molecule has 98 valence electrons. The molecule has 3 nitrogen and oxygen atoms in total. The molecule has 1 aliphatic carbocycles. The molecule has 1 fully saturated rings. The average Bonchev–Trinajstić information content (AvgIpc) is 3.26. The summed E-state index contributed by atoms with van der Waals surface area (Å²) >= 11 is 0. The molecule has 19 heavy (non-hydrogen) atoms. The molecule has 0 saturated heterocycles. The third-order valence-electron chi connectivity index (χ3n) is 4.04. The Morgan fingerprint density at radius 2 is 1.89 bits per heavy atom. The third-order valence-corrected chi connectivity index (χ3v) is 4.04. The van der Waals surface area contributed by atoms with Crippen LogP contribution in [0.1, 0.15) is 12.8 Å². The van der Waals surface area contributed by atoms with Crippen molar-refractivity contribution in [2.24, 2.45) is 5.41 Å². The zero-order valence-corrected chi connectivity index (χ0v) is 11.0. The molecule has 0 aromatic heterocycles. The number of hydrogen-bond acceptors (Lipinski definition) is 2. The number of aliphatic hydroxyl groups is 1. The summed E-state index contributed by atoms with van der Waals surface area (Å²) in [4.78, 5) is 14.2. The van der Waals surface area contributed by atoms with Gasteiger partial charge in [0.1, 0.15) is 0 Å². The van der Waals surface area contributed by atoms with E-state index in [1.165, 1.54) is 0 Å². The van der Waals surface area contributed by atoms with Crippen molar-refractivity contribution in [3.8, 4) is 0 Å². The van der Waals surface area contributed by atoms with E-state index in [2.05, 4.69) is 0 Å². The van der Waals surface area contributed by atoms with Gasteiger partial charge in [-0.1, -0.05) is 36.4 Å². The lowest BCUT2D eigenvalue weighted by molar-refractivity contribution is -0.124. The molecule has 1 aliphatic rings. The van der Waals surface area contributed by atoms with Gasteiger partial charge in [0.15, 0.2) is 0 Å². The number of rotatable bonds is 3. The summed E-state index contributed by atoms with van der Waals surface area (Å²) < 4.78 is 0. The number of anilines is 1. The fraction of sp³-hybridized carbons (Fsp3) is 0.312. The van der Waals surface area contributed by atoms with Crippen LogP contribution in [-0.4, -0.2) is 24.7 Å². The Bertz CT molecular complexity index is 626. The van der Waals surface area contributed by atoms with Gasteiger partial charge in [-0.15, -0.1) is 0 Å². The second kappa shape index (κ2) is 4.35. The van der Waals surface area contributed by atoms with Gasteiger partial charge in [-0.3, -0.25) is 4.79 Å². The number of amides is 1. The van der Waals surface area contributed by atoms with Gasteiger partial charge >= 0.3 is 0 Å².